The van der Waals surface area contributed by atoms with Gasteiger partial charge in [0, 0.05) is 25.1 Å². The second-order valence-electron chi connectivity index (χ2n) is 8.61. The molecule has 0 fully saturated rings. The molecule has 2 aromatic rings. The average Bonchev–Trinajstić information content (AvgIpc) is 3.27. The number of tetrazole rings is 1. The van der Waals surface area contributed by atoms with Gasteiger partial charge in [0.25, 0.3) is 5.92 Å². The van der Waals surface area contributed by atoms with Crippen LogP contribution in [0.15, 0.2) is 30.3 Å². The van der Waals surface area contributed by atoms with Gasteiger partial charge in [-0.25, -0.2) is 18.3 Å². The molecule has 1 heterocycles. The molecule has 2 rings (SSSR count). The summed E-state index contributed by atoms with van der Waals surface area (Å²) in [7, 11) is 0. The number of halogens is 2. The first kappa shape index (κ1) is 28.1. The number of rotatable bonds is 14. The molecular weight excluding hydrogens is 464 g/mol. The van der Waals surface area contributed by atoms with E-state index in [4.69, 9.17) is 15.6 Å². The van der Waals surface area contributed by atoms with Crippen LogP contribution in [-0.4, -0.2) is 62.6 Å². The second-order valence-corrected chi connectivity index (χ2v) is 8.61. The molecule has 11 nitrogen and oxygen atoms in total. The Hall–Kier alpha value is -3.19. The number of unbranched alkanes of at least 4 members (excludes halogenated alkanes) is 1. The minimum Gasteiger partial charge on any atom is -0.448 e. The first-order chi connectivity index (χ1) is 16.5. The molecule has 0 aliphatic heterocycles. The smallest absolute Gasteiger partial charge is 0.407 e. The van der Waals surface area contributed by atoms with Crippen molar-refractivity contribution in [3.63, 3.8) is 0 Å². The average molecular weight is 498 g/mol. The fourth-order valence-corrected chi connectivity index (χ4v) is 3.09. The number of alkyl halides is 2. The first-order valence-electron chi connectivity index (χ1n) is 11.4. The van der Waals surface area contributed by atoms with E-state index < -0.39 is 35.9 Å². The Kier molecular flexibility index (Phi) is 10.5. The minimum absolute atomic E-state index is 0.0368. The maximum atomic E-state index is 14.8. The molecule has 1 aromatic carbocycles. The van der Waals surface area contributed by atoms with Gasteiger partial charge >= 0.3 is 6.09 Å². The summed E-state index contributed by atoms with van der Waals surface area (Å²) in [5.41, 5.74) is 4.48. The molecule has 5 N–H and O–H groups in total. The molecular formula is C22H33F2N7O4. The molecule has 1 aromatic heterocycles. The number of ether oxygens (including phenoxy) is 1. The largest absolute Gasteiger partial charge is 0.448 e. The van der Waals surface area contributed by atoms with Crippen molar-refractivity contribution in [3.05, 3.63) is 41.7 Å². The quantitative estimate of drug-likeness (QED) is 0.287. The predicted octanol–water partition coefficient (Wildman–Crippen LogP) is 1.64. The van der Waals surface area contributed by atoms with Crippen molar-refractivity contribution in [1.29, 1.82) is 0 Å². The number of aliphatic hydroxyl groups is 1. The molecule has 0 saturated carbocycles. The maximum absolute atomic E-state index is 14.8. The number of alkyl carbamates (subject to hydrolysis) is 1. The van der Waals surface area contributed by atoms with Crippen LogP contribution < -0.4 is 16.4 Å². The summed E-state index contributed by atoms with van der Waals surface area (Å²) >= 11 is 0. The van der Waals surface area contributed by atoms with Crippen LogP contribution >= 0.6 is 0 Å². The normalized spacial score (nSPS) is 12.7. The number of nitrogens with two attached hydrogens (primary N) is 1. The van der Waals surface area contributed by atoms with Crippen LogP contribution in [0.25, 0.3) is 0 Å². The summed E-state index contributed by atoms with van der Waals surface area (Å²) in [6.45, 7) is 3.33. The van der Waals surface area contributed by atoms with E-state index in [0.29, 0.717) is 19.4 Å². The topological polar surface area (TPSA) is 157 Å². The van der Waals surface area contributed by atoms with Gasteiger partial charge in [0.1, 0.15) is 6.61 Å². The van der Waals surface area contributed by atoms with E-state index in [0.717, 1.165) is 0 Å². The monoisotopic (exact) mass is 497 g/mol. The van der Waals surface area contributed by atoms with Crippen LogP contribution in [0.5, 0.6) is 0 Å². The van der Waals surface area contributed by atoms with Gasteiger partial charge < -0.3 is 26.2 Å². The second kappa shape index (κ2) is 13.0. The number of aliphatic hydroxyl groups excluding tert-OH is 1. The van der Waals surface area contributed by atoms with Gasteiger partial charge in [0.05, 0.1) is 18.1 Å². The van der Waals surface area contributed by atoms with Crippen molar-refractivity contribution < 1.29 is 28.2 Å². The zero-order valence-electron chi connectivity index (χ0n) is 19.9. The number of amides is 2. The van der Waals surface area contributed by atoms with Crippen molar-refractivity contribution in [1.82, 2.24) is 30.8 Å². The van der Waals surface area contributed by atoms with Crippen LogP contribution in [0.1, 0.15) is 57.0 Å². The molecule has 2 amide bonds. The summed E-state index contributed by atoms with van der Waals surface area (Å²) < 4.78 is 36.0. The maximum Gasteiger partial charge on any atom is 0.407 e. The SMILES string of the molecule is CC(C)(N)C(=O)N[C@H](CCC(F)(F)c1ccccc1)c1nnnn1CCOC(=O)NCCCCO. The van der Waals surface area contributed by atoms with Gasteiger partial charge in [-0.3, -0.25) is 4.79 Å². The lowest BCUT2D eigenvalue weighted by Gasteiger charge is -2.25. The number of benzene rings is 1. The highest BCUT2D eigenvalue weighted by molar-refractivity contribution is 5.85. The van der Waals surface area contributed by atoms with E-state index in [9.17, 15) is 18.4 Å². The molecule has 0 aliphatic rings. The number of carbonyl (C=O) groups excluding carboxylic acids is 2. The van der Waals surface area contributed by atoms with Crippen LogP contribution in [0, 0.1) is 0 Å². The molecule has 0 bridgehead atoms. The fraction of sp³-hybridized carbons (Fsp3) is 0.591. The van der Waals surface area contributed by atoms with Crippen molar-refractivity contribution >= 4 is 12.0 Å². The number of hydrogen-bond acceptors (Lipinski definition) is 8. The van der Waals surface area contributed by atoms with E-state index in [2.05, 4.69) is 26.2 Å². The van der Waals surface area contributed by atoms with Crippen molar-refractivity contribution in [2.24, 2.45) is 5.73 Å². The van der Waals surface area contributed by atoms with Crippen molar-refractivity contribution in [2.45, 2.75) is 63.6 Å². The Morgan fingerprint density at radius 3 is 2.60 bits per heavy atom. The molecule has 194 valence electrons. The predicted molar refractivity (Wildman–Crippen MR) is 122 cm³/mol. The van der Waals surface area contributed by atoms with Gasteiger partial charge in [0.15, 0.2) is 5.82 Å². The molecule has 0 aliphatic carbocycles. The standard InChI is InChI=1S/C22H33F2N7O4/c1-21(2,25)19(33)27-17(10-11-22(23,24)16-8-4-3-5-9-16)18-28-29-30-31(18)13-15-35-20(34)26-12-6-7-14-32/h3-5,8-9,17,32H,6-7,10-15,25H2,1-2H3,(H,26,34)(H,27,33)/t17-/m1/s1. The third kappa shape index (κ3) is 9.17. The molecule has 0 saturated heterocycles. The summed E-state index contributed by atoms with van der Waals surface area (Å²) in [6.07, 6.45) is -0.225. The Bertz CT molecular complexity index is 935. The van der Waals surface area contributed by atoms with E-state index in [1.54, 1.807) is 6.07 Å². The molecule has 13 heteroatoms. The molecule has 0 radical (unpaired) electrons. The number of nitrogens with zero attached hydrogens (tertiary/aromatic N) is 4. The molecule has 0 unspecified atom stereocenters. The summed E-state index contributed by atoms with van der Waals surface area (Å²) in [6, 6.07) is 6.44. The highest BCUT2D eigenvalue weighted by atomic mass is 19.3. The number of nitrogens with one attached hydrogen (secondary N) is 2. The first-order valence-corrected chi connectivity index (χ1v) is 11.4. The number of aromatic nitrogens is 4. The Balaban J connectivity index is 2.06. The summed E-state index contributed by atoms with van der Waals surface area (Å²) in [5.74, 6) is -3.56. The lowest BCUT2D eigenvalue weighted by atomic mass is 9.99. The lowest BCUT2D eigenvalue weighted by molar-refractivity contribution is -0.126. The Labute approximate surface area is 202 Å². The van der Waals surface area contributed by atoms with Crippen LogP contribution in [-0.2, 0) is 22.0 Å². The Morgan fingerprint density at radius 2 is 1.94 bits per heavy atom. The third-order valence-corrected chi connectivity index (χ3v) is 5.10. The van der Waals surface area contributed by atoms with Crippen LogP contribution in [0.3, 0.4) is 0 Å². The molecule has 0 spiro atoms. The van der Waals surface area contributed by atoms with Crippen LogP contribution in [0.4, 0.5) is 13.6 Å². The molecule has 1 atom stereocenters. The zero-order valence-corrected chi connectivity index (χ0v) is 19.9. The van der Waals surface area contributed by atoms with E-state index >= 15 is 0 Å². The number of carbonyl (C=O) groups is 2. The van der Waals surface area contributed by atoms with Gasteiger partial charge in [-0.2, -0.15) is 0 Å². The summed E-state index contributed by atoms with van der Waals surface area (Å²) in [4.78, 5) is 24.3. The van der Waals surface area contributed by atoms with E-state index in [1.165, 1.54) is 42.8 Å². The van der Waals surface area contributed by atoms with Crippen LogP contribution in [0.2, 0.25) is 0 Å². The van der Waals surface area contributed by atoms with Crippen molar-refractivity contribution in [3.8, 4) is 0 Å². The highest BCUT2D eigenvalue weighted by Gasteiger charge is 2.35. The van der Waals surface area contributed by atoms with Gasteiger partial charge in [-0.05, 0) is 43.5 Å². The Morgan fingerprint density at radius 1 is 1.23 bits per heavy atom. The van der Waals surface area contributed by atoms with Gasteiger partial charge in [-0.15, -0.1) is 5.10 Å². The summed E-state index contributed by atoms with van der Waals surface area (Å²) in [5, 5.41) is 25.3. The zero-order chi connectivity index (χ0) is 25.9. The van der Waals surface area contributed by atoms with Gasteiger partial charge in [0.2, 0.25) is 5.91 Å². The number of hydrogen-bond donors (Lipinski definition) is 4. The van der Waals surface area contributed by atoms with Crippen molar-refractivity contribution in [2.75, 3.05) is 19.8 Å². The highest BCUT2D eigenvalue weighted by Crippen LogP contribution is 2.35. The fourth-order valence-electron chi connectivity index (χ4n) is 3.09. The minimum atomic E-state index is -3.14. The van der Waals surface area contributed by atoms with Gasteiger partial charge in [-0.1, -0.05) is 30.3 Å². The third-order valence-electron chi connectivity index (χ3n) is 5.10. The lowest BCUT2D eigenvalue weighted by Crippen LogP contribution is -2.50. The molecule has 35 heavy (non-hydrogen) atoms. The van der Waals surface area contributed by atoms with E-state index in [-0.39, 0.29) is 37.6 Å². The van der Waals surface area contributed by atoms with E-state index in [1.807, 2.05) is 0 Å².